The van der Waals surface area contributed by atoms with Crippen molar-refractivity contribution in [1.29, 1.82) is 0 Å². The van der Waals surface area contributed by atoms with Crippen LogP contribution in [0, 0.1) is 11.6 Å². The number of amides is 2. The van der Waals surface area contributed by atoms with E-state index < -0.39 is 29.7 Å². The minimum Gasteiger partial charge on any atom is -0.391 e. The zero-order chi connectivity index (χ0) is 19.3. The Hall–Kier alpha value is -2.51. The highest BCUT2D eigenvalue weighted by atomic mass is 35.5. The van der Waals surface area contributed by atoms with Crippen molar-refractivity contribution in [1.82, 2.24) is 4.90 Å². The van der Waals surface area contributed by atoms with Crippen molar-refractivity contribution in [3.63, 3.8) is 0 Å². The molecule has 2 aliphatic rings. The third-order valence-electron chi connectivity index (χ3n) is 4.91. The number of carbonyl (C=O) groups is 2. The second-order valence-electron chi connectivity index (χ2n) is 6.67. The van der Waals surface area contributed by atoms with E-state index in [9.17, 15) is 23.5 Å². The Labute approximate surface area is 158 Å². The van der Waals surface area contributed by atoms with Gasteiger partial charge in [-0.3, -0.25) is 9.59 Å². The van der Waals surface area contributed by atoms with Crippen LogP contribution in [0.25, 0.3) is 0 Å². The summed E-state index contributed by atoms with van der Waals surface area (Å²) in [6.45, 7) is -0.135. The molecule has 1 fully saturated rings. The van der Waals surface area contributed by atoms with Gasteiger partial charge >= 0.3 is 0 Å². The van der Waals surface area contributed by atoms with Crippen LogP contribution in [-0.4, -0.2) is 40.5 Å². The Bertz CT molecular complexity index is 953. The lowest BCUT2D eigenvalue weighted by atomic mass is 10.1. The zero-order valence-corrected chi connectivity index (χ0v) is 14.8. The molecule has 4 rings (SSSR count). The van der Waals surface area contributed by atoms with Crippen LogP contribution in [0.4, 0.5) is 14.5 Å². The first-order valence-corrected chi connectivity index (χ1v) is 8.77. The van der Waals surface area contributed by atoms with E-state index in [4.69, 9.17) is 11.6 Å². The van der Waals surface area contributed by atoms with Gasteiger partial charge < -0.3 is 14.9 Å². The number of anilines is 1. The molecule has 140 valence electrons. The highest BCUT2D eigenvalue weighted by Gasteiger charge is 2.45. The molecule has 2 atom stereocenters. The molecule has 27 heavy (non-hydrogen) atoms. The van der Waals surface area contributed by atoms with Gasteiger partial charge in [-0.15, -0.1) is 0 Å². The van der Waals surface area contributed by atoms with E-state index in [-0.39, 0.29) is 41.6 Å². The molecule has 0 aliphatic carbocycles. The zero-order valence-electron chi connectivity index (χ0n) is 14.0. The Morgan fingerprint density at radius 3 is 2.70 bits per heavy atom. The first-order valence-electron chi connectivity index (χ1n) is 8.39. The van der Waals surface area contributed by atoms with Gasteiger partial charge in [-0.25, -0.2) is 8.78 Å². The number of halogens is 3. The van der Waals surface area contributed by atoms with Crippen molar-refractivity contribution in [2.75, 3.05) is 11.4 Å². The first kappa shape index (κ1) is 17.9. The average Bonchev–Trinajstić information content (AvgIpc) is 3.01. The van der Waals surface area contributed by atoms with Crippen LogP contribution in [0.5, 0.6) is 0 Å². The molecule has 0 bridgehead atoms. The fourth-order valence-corrected chi connectivity index (χ4v) is 3.84. The van der Waals surface area contributed by atoms with Crippen LogP contribution < -0.4 is 4.90 Å². The Morgan fingerprint density at radius 2 is 1.93 bits per heavy atom. The number of benzene rings is 2. The summed E-state index contributed by atoms with van der Waals surface area (Å²) in [5.41, 5.74) is 0.726. The fourth-order valence-electron chi connectivity index (χ4n) is 3.67. The standard InChI is InChI=1S/C19H15ClF2N2O3/c20-17-10(5-11(21)6-14(17)22)8-23-15-4-2-1-3-13(15)18(26)24-9-12(25)7-16(24)19(23)27/h1-6,12,16,25H,7-9H2/t12-,16+/m1/s1. The second kappa shape index (κ2) is 6.58. The van der Waals surface area contributed by atoms with E-state index in [1.54, 1.807) is 24.3 Å². The number of aliphatic hydroxyl groups excluding tert-OH is 1. The Balaban J connectivity index is 1.82. The SMILES string of the molecule is O=C1[C@@H]2C[C@@H](O)CN2C(=O)c2ccccc2N1Cc1cc(F)cc(F)c1Cl. The number of para-hydroxylation sites is 1. The van der Waals surface area contributed by atoms with Crippen LogP contribution in [0.2, 0.25) is 5.02 Å². The van der Waals surface area contributed by atoms with Gasteiger partial charge in [0.15, 0.2) is 0 Å². The van der Waals surface area contributed by atoms with Crippen molar-refractivity contribution in [2.45, 2.75) is 25.1 Å². The maximum atomic E-state index is 13.8. The average molecular weight is 393 g/mol. The molecule has 0 aromatic heterocycles. The molecular weight excluding hydrogens is 378 g/mol. The van der Waals surface area contributed by atoms with Crippen molar-refractivity contribution in [3.8, 4) is 0 Å². The van der Waals surface area contributed by atoms with Crippen LogP contribution >= 0.6 is 11.6 Å². The van der Waals surface area contributed by atoms with E-state index >= 15 is 0 Å². The Kier molecular flexibility index (Phi) is 4.36. The fraction of sp³-hybridized carbons (Fsp3) is 0.263. The molecule has 0 saturated carbocycles. The summed E-state index contributed by atoms with van der Waals surface area (Å²) in [6, 6.07) is 7.42. The van der Waals surface area contributed by atoms with Crippen LogP contribution in [0.1, 0.15) is 22.3 Å². The van der Waals surface area contributed by atoms with E-state index in [0.29, 0.717) is 11.8 Å². The Morgan fingerprint density at radius 1 is 1.19 bits per heavy atom. The number of carbonyl (C=O) groups excluding carboxylic acids is 2. The van der Waals surface area contributed by atoms with Crippen LogP contribution in [0.15, 0.2) is 36.4 Å². The number of hydrogen-bond acceptors (Lipinski definition) is 3. The summed E-state index contributed by atoms with van der Waals surface area (Å²) >= 11 is 5.97. The van der Waals surface area contributed by atoms with Crippen molar-refractivity contribution in [2.24, 2.45) is 0 Å². The summed E-state index contributed by atoms with van der Waals surface area (Å²) in [6.07, 6.45) is -0.689. The monoisotopic (exact) mass is 392 g/mol. The molecule has 2 aromatic carbocycles. The van der Waals surface area contributed by atoms with Crippen molar-refractivity contribution < 1.29 is 23.5 Å². The molecule has 8 heteroatoms. The minimum atomic E-state index is -0.920. The molecule has 2 aromatic rings. The predicted molar refractivity (Wildman–Crippen MR) is 94.4 cm³/mol. The molecule has 2 heterocycles. The number of rotatable bonds is 2. The van der Waals surface area contributed by atoms with Gasteiger partial charge in [0.2, 0.25) is 5.91 Å². The third kappa shape index (κ3) is 2.96. The summed E-state index contributed by atoms with van der Waals surface area (Å²) in [4.78, 5) is 28.7. The van der Waals surface area contributed by atoms with Gasteiger partial charge in [0, 0.05) is 19.0 Å². The molecular formula is C19H15ClF2N2O3. The minimum absolute atomic E-state index is 0.0623. The number of fused-ring (bicyclic) bond motifs is 2. The van der Waals surface area contributed by atoms with Crippen molar-refractivity contribution >= 4 is 29.1 Å². The largest absolute Gasteiger partial charge is 0.391 e. The lowest BCUT2D eigenvalue weighted by Gasteiger charge is -2.26. The summed E-state index contributed by atoms with van der Waals surface area (Å²) in [5, 5.41) is 9.67. The predicted octanol–water partition coefficient (Wildman–Crippen LogP) is 2.74. The molecule has 0 radical (unpaired) electrons. The second-order valence-corrected chi connectivity index (χ2v) is 7.04. The van der Waals surface area contributed by atoms with Crippen LogP contribution in [-0.2, 0) is 11.3 Å². The van der Waals surface area contributed by atoms with E-state index in [0.717, 1.165) is 6.07 Å². The van der Waals surface area contributed by atoms with Gasteiger partial charge in [-0.1, -0.05) is 23.7 Å². The molecule has 1 saturated heterocycles. The molecule has 1 N–H and O–H groups in total. The highest BCUT2D eigenvalue weighted by Crippen LogP contribution is 2.34. The third-order valence-corrected chi connectivity index (χ3v) is 5.34. The van der Waals surface area contributed by atoms with Gasteiger partial charge in [0.25, 0.3) is 5.91 Å². The quantitative estimate of drug-likeness (QED) is 0.799. The lowest BCUT2D eigenvalue weighted by molar-refractivity contribution is -0.122. The maximum Gasteiger partial charge on any atom is 0.256 e. The van der Waals surface area contributed by atoms with Gasteiger partial charge in [-0.2, -0.15) is 0 Å². The molecule has 2 aliphatic heterocycles. The normalized spacial score (nSPS) is 21.9. The van der Waals surface area contributed by atoms with E-state index in [1.807, 2.05) is 0 Å². The molecule has 2 amide bonds. The van der Waals surface area contributed by atoms with Crippen molar-refractivity contribution in [3.05, 3.63) is 64.2 Å². The number of hydrogen-bond donors (Lipinski definition) is 1. The number of nitrogens with zero attached hydrogens (tertiary/aromatic N) is 2. The van der Waals surface area contributed by atoms with E-state index in [1.165, 1.54) is 9.80 Å². The summed E-state index contributed by atoms with van der Waals surface area (Å²) in [7, 11) is 0. The molecule has 0 spiro atoms. The summed E-state index contributed by atoms with van der Waals surface area (Å²) in [5.74, 6) is -2.52. The molecule has 5 nitrogen and oxygen atoms in total. The summed E-state index contributed by atoms with van der Waals surface area (Å²) < 4.78 is 27.5. The highest BCUT2D eigenvalue weighted by molar-refractivity contribution is 6.31. The molecule has 0 unspecified atom stereocenters. The number of aliphatic hydroxyl groups is 1. The van der Waals surface area contributed by atoms with E-state index in [2.05, 4.69) is 0 Å². The smallest absolute Gasteiger partial charge is 0.256 e. The van der Waals surface area contributed by atoms with Crippen LogP contribution in [0.3, 0.4) is 0 Å². The first-order chi connectivity index (χ1) is 12.9. The van der Waals surface area contributed by atoms with Gasteiger partial charge in [0.05, 0.1) is 28.9 Å². The maximum absolute atomic E-state index is 13.8. The lowest BCUT2D eigenvalue weighted by Crippen LogP contribution is -2.44. The van der Waals surface area contributed by atoms with Gasteiger partial charge in [-0.05, 0) is 23.8 Å². The topological polar surface area (TPSA) is 60.9 Å². The van der Waals surface area contributed by atoms with Gasteiger partial charge in [0.1, 0.15) is 17.7 Å².